The van der Waals surface area contributed by atoms with Crippen molar-refractivity contribution >= 4 is 21.6 Å². The molecule has 3 heteroatoms. The van der Waals surface area contributed by atoms with E-state index in [1.54, 1.807) is 5.06 Å². The van der Waals surface area contributed by atoms with Gasteiger partial charge in [-0.3, -0.25) is 4.84 Å². The van der Waals surface area contributed by atoms with Gasteiger partial charge in [0.05, 0.1) is 12.3 Å². The van der Waals surface area contributed by atoms with Crippen molar-refractivity contribution in [2.45, 2.75) is 0 Å². The molecule has 1 heterocycles. The molecule has 0 amide bonds. The molecule has 0 N–H and O–H groups in total. The summed E-state index contributed by atoms with van der Waals surface area (Å²) in [5, 5.41) is 1.70. The third-order valence-electron chi connectivity index (χ3n) is 1.54. The first-order chi connectivity index (χ1) is 5.86. The summed E-state index contributed by atoms with van der Waals surface area (Å²) in [5.41, 5.74) is 0.915. The first kappa shape index (κ1) is 7.83. The molecule has 0 spiro atoms. The van der Waals surface area contributed by atoms with Gasteiger partial charge in [-0.1, -0.05) is 22.0 Å². The summed E-state index contributed by atoms with van der Waals surface area (Å²) >= 11 is 3.38. The molecule has 0 aromatic heterocycles. The normalized spacial score (nSPS) is 15.6. The van der Waals surface area contributed by atoms with Crippen LogP contribution in [-0.4, -0.2) is 6.61 Å². The summed E-state index contributed by atoms with van der Waals surface area (Å²) in [5.74, 6) is 0. The van der Waals surface area contributed by atoms with Crippen molar-refractivity contribution in [1.29, 1.82) is 0 Å². The fourth-order valence-corrected chi connectivity index (χ4v) is 1.36. The Morgan fingerprint density at radius 1 is 1.58 bits per heavy atom. The van der Waals surface area contributed by atoms with E-state index in [0.717, 1.165) is 10.2 Å². The van der Waals surface area contributed by atoms with Crippen LogP contribution in [0, 0.1) is 6.07 Å². The highest BCUT2D eigenvalue weighted by Crippen LogP contribution is 2.21. The van der Waals surface area contributed by atoms with E-state index >= 15 is 0 Å². The fourth-order valence-electron chi connectivity index (χ4n) is 1.01. The lowest BCUT2D eigenvalue weighted by Gasteiger charge is -2.13. The highest BCUT2D eigenvalue weighted by atomic mass is 79.9. The zero-order valence-corrected chi connectivity index (χ0v) is 7.91. The third kappa shape index (κ3) is 1.52. The standard InChI is InChI=1S/C9H7BrNO/c10-8-3-1-4-9(7-8)11-5-2-6-12-11/h1-3,5,7H,6H2. The van der Waals surface area contributed by atoms with Crippen molar-refractivity contribution in [3.05, 3.63) is 41.0 Å². The number of nitrogens with zero attached hydrogens (tertiary/aromatic N) is 1. The lowest BCUT2D eigenvalue weighted by atomic mass is 10.3. The Morgan fingerprint density at radius 3 is 3.17 bits per heavy atom. The number of anilines is 1. The summed E-state index contributed by atoms with van der Waals surface area (Å²) in [6.07, 6.45) is 3.84. The SMILES string of the molecule is Brc1cc[c]c(N2C=CCO2)c1. The Hall–Kier alpha value is -0.800. The summed E-state index contributed by atoms with van der Waals surface area (Å²) in [7, 11) is 0. The van der Waals surface area contributed by atoms with Crippen LogP contribution in [0.3, 0.4) is 0 Å². The van der Waals surface area contributed by atoms with Crippen LogP contribution in [0.2, 0.25) is 0 Å². The second kappa shape index (κ2) is 3.29. The number of hydrogen-bond acceptors (Lipinski definition) is 2. The second-order valence-corrected chi connectivity index (χ2v) is 3.31. The molecule has 12 heavy (non-hydrogen) atoms. The maximum atomic E-state index is 5.26. The number of halogens is 1. The van der Waals surface area contributed by atoms with E-state index in [4.69, 9.17) is 4.84 Å². The van der Waals surface area contributed by atoms with Crippen molar-refractivity contribution in [3.63, 3.8) is 0 Å². The lowest BCUT2D eigenvalue weighted by Crippen LogP contribution is -2.10. The molecule has 0 saturated heterocycles. The molecule has 0 bridgehead atoms. The van der Waals surface area contributed by atoms with Gasteiger partial charge in [0.15, 0.2) is 0 Å². The minimum atomic E-state index is 0.639. The van der Waals surface area contributed by atoms with Crippen molar-refractivity contribution in [3.8, 4) is 0 Å². The van der Waals surface area contributed by atoms with E-state index < -0.39 is 0 Å². The molecule has 2 rings (SSSR count). The molecule has 0 atom stereocenters. The Morgan fingerprint density at radius 2 is 2.50 bits per heavy atom. The van der Waals surface area contributed by atoms with Gasteiger partial charge in [-0.25, -0.2) is 5.06 Å². The zero-order chi connectivity index (χ0) is 8.39. The molecule has 2 nitrogen and oxygen atoms in total. The number of rotatable bonds is 1. The van der Waals surface area contributed by atoms with Crippen molar-refractivity contribution < 1.29 is 4.84 Å². The van der Waals surface area contributed by atoms with Gasteiger partial charge in [0, 0.05) is 16.7 Å². The third-order valence-corrected chi connectivity index (χ3v) is 2.03. The number of hydroxylamine groups is 1. The number of benzene rings is 1. The average molecular weight is 225 g/mol. The van der Waals surface area contributed by atoms with Crippen LogP contribution in [0.1, 0.15) is 0 Å². The zero-order valence-electron chi connectivity index (χ0n) is 6.33. The van der Waals surface area contributed by atoms with Crippen LogP contribution in [0.5, 0.6) is 0 Å². The molecular weight excluding hydrogens is 218 g/mol. The molecule has 0 saturated carbocycles. The molecule has 1 radical (unpaired) electrons. The molecule has 0 aliphatic carbocycles. The van der Waals surface area contributed by atoms with Gasteiger partial charge in [-0.15, -0.1) is 0 Å². The van der Waals surface area contributed by atoms with Gasteiger partial charge in [0.2, 0.25) is 0 Å². The highest BCUT2D eigenvalue weighted by Gasteiger charge is 2.07. The van der Waals surface area contributed by atoms with Crippen molar-refractivity contribution in [1.82, 2.24) is 0 Å². The lowest BCUT2D eigenvalue weighted by molar-refractivity contribution is 0.180. The topological polar surface area (TPSA) is 12.5 Å². The van der Waals surface area contributed by atoms with Gasteiger partial charge >= 0.3 is 0 Å². The summed E-state index contributed by atoms with van der Waals surface area (Å²) in [6, 6.07) is 8.81. The fraction of sp³-hybridized carbons (Fsp3) is 0.111. The second-order valence-electron chi connectivity index (χ2n) is 2.40. The molecule has 0 fully saturated rings. The Kier molecular flexibility index (Phi) is 2.15. The Bertz CT molecular complexity index is 311. The van der Waals surface area contributed by atoms with Crippen LogP contribution in [0.15, 0.2) is 34.9 Å². The van der Waals surface area contributed by atoms with E-state index in [-0.39, 0.29) is 0 Å². The maximum Gasteiger partial charge on any atom is 0.0952 e. The predicted molar refractivity (Wildman–Crippen MR) is 50.5 cm³/mol. The van der Waals surface area contributed by atoms with E-state index in [9.17, 15) is 0 Å². The van der Waals surface area contributed by atoms with Crippen LogP contribution >= 0.6 is 15.9 Å². The van der Waals surface area contributed by atoms with Crippen LogP contribution in [0.4, 0.5) is 5.69 Å². The largest absolute Gasteiger partial charge is 0.265 e. The first-order valence-corrected chi connectivity index (χ1v) is 4.41. The molecule has 1 aliphatic heterocycles. The summed E-state index contributed by atoms with van der Waals surface area (Å²) in [6.45, 7) is 0.639. The van der Waals surface area contributed by atoms with Gasteiger partial charge in [-0.05, 0) is 18.2 Å². The smallest absolute Gasteiger partial charge is 0.0952 e. The van der Waals surface area contributed by atoms with E-state index in [2.05, 4.69) is 22.0 Å². The molecule has 61 valence electrons. The van der Waals surface area contributed by atoms with Gasteiger partial charge in [0.1, 0.15) is 0 Å². The number of hydrogen-bond donors (Lipinski definition) is 0. The maximum absolute atomic E-state index is 5.26. The van der Waals surface area contributed by atoms with Crippen molar-refractivity contribution in [2.75, 3.05) is 11.7 Å². The molecule has 0 unspecified atom stereocenters. The van der Waals surface area contributed by atoms with E-state index in [1.165, 1.54) is 0 Å². The van der Waals surface area contributed by atoms with Crippen LogP contribution in [-0.2, 0) is 4.84 Å². The monoisotopic (exact) mass is 224 g/mol. The van der Waals surface area contributed by atoms with Gasteiger partial charge in [-0.2, -0.15) is 0 Å². The summed E-state index contributed by atoms with van der Waals surface area (Å²) in [4.78, 5) is 5.26. The van der Waals surface area contributed by atoms with E-state index in [0.29, 0.717) is 6.61 Å². The molecule has 1 aromatic carbocycles. The minimum Gasteiger partial charge on any atom is -0.265 e. The first-order valence-electron chi connectivity index (χ1n) is 3.62. The Labute approximate surface area is 79.5 Å². The Balaban J connectivity index is 2.27. The van der Waals surface area contributed by atoms with Crippen molar-refractivity contribution in [2.24, 2.45) is 0 Å². The quantitative estimate of drug-likeness (QED) is 0.728. The van der Waals surface area contributed by atoms with Crippen LogP contribution in [0.25, 0.3) is 0 Å². The summed E-state index contributed by atoms with van der Waals surface area (Å²) < 4.78 is 1.03. The minimum absolute atomic E-state index is 0.639. The van der Waals surface area contributed by atoms with Gasteiger partial charge in [0.25, 0.3) is 0 Å². The average Bonchev–Trinajstić information content (AvgIpc) is 2.56. The van der Waals surface area contributed by atoms with Crippen LogP contribution < -0.4 is 5.06 Å². The van der Waals surface area contributed by atoms with E-state index in [1.807, 2.05) is 30.5 Å². The van der Waals surface area contributed by atoms with Gasteiger partial charge < -0.3 is 0 Å². The molecule has 1 aliphatic rings. The highest BCUT2D eigenvalue weighted by molar-refractivity contribution is 9.10. The molecule has 1 aromatic rings. The molecular formula is C9H7BrNO. The predicted octanol–water partition coefficient (Wildman–Crippen LogP) is 2.51.